The summed E-state index contributed by atoms with van der Waals surface area (Å²) in [5.41, 5.74) is 1.03. The molecule has 2 aromatic carbocycles. The van der Waals surface area contributed by atoms with Gasteiger partial charge in [0.25, 0.3) is 5.91 Å². The van der Waals surface area contributed by atoms with Gasteiger partial charge in [0.2, 0.25) is 10.0 Å². The average Bonchev–Trinajstić information content (AvgIpc) is 2.95. The number of benzene rings is 2. The van der Waals surface area contributed by atoms with Gasteiger partial charge in [0, 0.05) is 24.7 Å². The summed E-state index contributed by atoms with van der Waals surface area (Å²) in [5.74, 6) is -0.331. The Morgan fingerprint density at radius 2 is 1.96 bits per heavy atom. The van der Waals surface area contributed by atoms with Crippen molar-refractivity contribution >= 4 is 54.2 Å². The van der Waals surface area contributed by atoms with Gasteiger partial charge in [-0.1, -0.05) is 29.0 Å². The predicted octanol–water partition coefficient (Wildman–Crippen LogP) is 3.45. The Kier molecular flexibility index (Phi) is 4.79. The highest BCUT2D eigenvalue weighted by Crippen LogP contribution is 2.29. The lowest BCUT2D eigenvalue weighted by molar-refractivity contribution is 0.102. The van der Waals surface area contributed by atoms with Crippen LogP contribution in [0.1, 0.15) is 10.4 Å². The Morgan fingerprint density at radius 3 is 2.64 bits per heavy atom. The molecule has 6 nitrogen and oxygen atoms in total. The Morgan fingerprint density at radius 1 is 1.20 bits per heavy atom. The fourth-order valence-corrected chi connectivity index (χ4v) is 4.22. The van der Waals surface area contributed by atoms with E-state index in [9.17, 15) is 13.2 Å². The molecule has 0 atom stereocenters. The van der Waals surface area contributed by atoms with Crippen LogP contribution in [0.5, 0.6) is 0 Å². The lowest BCUT2D eigenvalue weighted by Crippen LogP contribution is -2.22. The van der Waals surface area contributed by atoms with Crippen molar-refractivity contribution in [1.29, 1.82) is 0 Å². The lowest BCUT2D eigenvalue weighted by atomic mass is 10.2. The zero-order valence-electron chi connectivity index (χ0n) is 13.4. The molecular weight excluding hydrogens is 382 g/mol. The molecule has 0 spiro atoms. The summed E-state index contributed by atoms with van der Waals surface area (Å²) in [4.78, 5) is 16.7. The largest absolute Gasteiger partial charge is 0.298 e. The molecule has 0 saturated carbocycles. The van der Waals surface area contributed by atoms with Gasteiger partial charge in [-0.15, -0.1) is 0 Å². The van der Waals surface area contributed by atoms with Gasteiger partial charge < -0.3 is 0 Å². The van der Waals surface area contributed by atoms with Crippen LogP contribution in [-0.2, 0) is 10.0 Å². The van der Waals surface area contributed by atoms with E-state index in [4.69, 9.17) is 11.6 Å². The summed E-state index contributed by atoms with van der Waals surface area (Å²) >= 11 is 7.10. The zero-order valence-corrected chi connectivity index (χ0v) is 15.7. The molecule has 3 rings (SSSR count). The van der Waals surface area contributed by atoms with Crippen molar-refractivity contribution in [2.24, 2.45) is 0 Å². The van der Waals surface area contributed by atoms with E-state index < -0.39 is 10.0 Å². The highest BCUT2D eigenvalue weighted by atomic mass is 35.5. The molecule has 0 bridgehead atoms. The fraction of sp³-hybridized carbons (Fsp3) is 0.125. The summed E-state index contributed by atoms with van der Waals surface area (Å²) in [7, 11) is -0.570. The van der Waals surface area contributed by atoms with Crippen LogP contribution in [0.3, 0.4) is 0 Å². The van der Waals surface area contributed by atoms with E-state index in [1.54, 1.807) is 36.4 Å². The van der Waals surface area contributed by atoms with Gasteiger partial charge in [-0.2, -0.15) is 0 Å². The van der Waals surface area contributed by atoms with E-state index in [0.717, 1.165) is 4.31 Å². The molecule has 9 heteroatoms. The third-order valence-electron chi connectivity index (χ3n) is 3.45. The minimum Gasteiger partial charge on any atom is -0.298 e. The first-order chi connectivity index (χ1) is 11.8. The van der Waals surface area contributed by atoms with Crippen LogP contribution >= 0.6 is 22.9 Å². The number of halogens is 1. The monoisotopic (exact) mass is 395 g/mol. The first-order valence-electron chi connectivity index (χ1n) is 7.17. The van der Waals surface area contributed by atoms with Gasteiger partial charge in [-0.05, 0) is 36.4 Å². The number of carbonyl (C=O) groups is 1. The highest BCUT2D eigenvalue weighted by Gasteiger charge is 2.18. The quantitative estimate of drug-likeness (QED) is 0.733. The fourth-order valence-electron chi connectivity index (χ4n) is 2.13. The number of carbonyl (C=O) groups excluding carboxylic acids is 1. The van der Waals surface area contributed by atoms with Gasteiger partial charge in [-0.25, -0.2) is 17.7 Å². The Labute approximate surface area is 154 Å². The molecule has 1 aromatic heterocycles. The minimum absolute atomic E-state index is 0.182. The molecule has 3 aromatic rings. The average molecular weight is 396 g/mol. The third kappa shape index (κ3) is 3.67. The number of hydrogen-bond donors (Lipinski definition) is 1. The number of nitrogens with one attached hydrogen (secondary N) is 1. The van der Waals surface area contributed by atoms with Crippen LogP contribution in [0.4, 0.5) is 5.13 Å². The standard InChI is InChI=1S/C16H14ClN3O3S2/c1-20(2)25(22,23)12-6-7-13-14(9-12)24-16(18-13)19-15(21)10-4-3-5-11(17)8-10/h3-9H,1-2H3,(H,18,19,21). The first-order valence-corrected chi connectivity index (χ1v) is 9.81. The molecule has 1 amide bonds. The lowest BCUT2D eigenvalue weighted by Gasteiger charge is -2.10. The van der Waals surface area contributed by atoms with E-state index in [-0.39, 0.29) is 10.8 Å². The molecule has 0 fully saturated rings. The van der Waals surface area contributed by atoms with E-state index in [2.05, 4.69) is 10.3 Å². The summed E-state index contributed by atoms with van der Waals surface area (Å²) in [5, 5.41) is 3.56. The van der Waals surface area contributed by atoms with Crippen LogP contribution in [0.15, 0.2) is 47.4 Å². The number of amides is 1. The van der Waals surface area contributed by atoms with Gasteiger partial charge in [-0.3, -0.25) is 10.1 Å². The van der Waals surface area contributed by atoms with Crippen molar-refractivity contribution in [2.45, 2.75) is 4.90 Å². The molecule has 0 unspecified atom stereocenters. The van der Waals surface area contributed by atoms with Gasteiger partial charge in [0.05, 0.1) is 15.1 Å². The maximum atomic E-state index is 12.3. The maximum absolute atomic E-state index is 12.3. The van der Waals surface area contributed by atoms with Crippen LogP contribution in [0.25, 0.3) is 10.2 Å². The van der Waals surface area contributed by atoms with E-state index in [1.807, 2.05) is 0 Å². The second-order valence-corrected chi connectivity index (χ2v) is 9.02. The van der Waals surface area contributed by atoms with Crippen molar-refractivity contribution < 1.29 is 13.2 Å². The Balaban J connectivity index is 1.90. The van der Waals surface area contributed by atoms with Crippen molar-refractivity contribution in [2.75, 3.05) is 19.4 Å². The van der Waals surface area contributed by atoms with Crippen molar-refractivity contribution in [1.82, 2.24) is 9.29 Å². The molecular formula is C16H14ClN3O3S2. The second kappa shape index (κ2) is 6.72. The molecule has 25 heavy (non-hydrogen) atoms. The number of hydrogen-bond acceptors (Lipinski definition) is 5. The molecule has 1 N–H and O–H groups in total. The predicted molar refractivity (Wildman–Crippen MR) is 99.9 cm³/mol. The number of rotatable bonds is 4. The van der Waals surface area contributed by atoms with Gasteiger partial charge in [0.1, 0.15) is 0 Å². The zero-order chi connectivity index (χ0) is 18.2. The maximum Gasteiger partial charge on any atom is 0.257 e. The smallest absolute Gasteiger partial charge is 0.257 e. The van der Waals surface area contributed by atoms with Crippen LogP contribution in [0.2, 0.25) is 5.02 Å². The van der Waals surface area contributed by atoms with E-state index in [1.165, 1.54) is 31.5 Å². The second-order valence-electron chi connectivity index (χ2n) is 5.40. The summed E-state index contributed by atoms with van der Waals surface area (Å²) in [6, 6.07) is 11.3. The molecule has 0 radical (unpaired) electrons. The topological polar surface area (TPSA) is 79.4 Å². The number of sulfonamides is 1. The van der Waals surface area contributed by atoms with Crippen LogP contribution < -0.4 is 5.32 Å². The summed E-state index contributed by atoms with van der Waals surface area (Å²) in [6.07, 6.45) is 0. The summed E-state index contributed by atoms with van der Waals surface area (Å²) < 4.78 is 26.2. The van der Waals surface area contributed by atoms with Gasteiger partial charge >= 0.3 is 0 Å². The number of fused-ring (bicyclic) bond motifs is 1. The van der Waals surface area contributed by atoms with Crippen LogP contribution in [-0.4, -0.2) is 37.7 Å². The summed E-state index contributed by atoms with van der Waals surface area (Å²) in [6.45, 7) is 0. The molecule has 130 valence electrons. The van der Waals surface area contributed by atoms with E-state index in [0.29, 0.717) is 25.9 Å². The Bertz CT molecular complexity index is 1060. The molecule has 1 heterocycles. The number of thiazole rings is 1. The highest BCUT2D eigenvalue weighted by molar-refractivity contribution is 7.89. The van der Waals surface area contributed by atoms with E-state index >= 15 is 0 Å². The SMILES string of the molecule is CN(C)S(=O)(=O)c1ccc2nc(NC(=O)c3cccc(Cl)c3)sc2c1. The van der Waals surface area contributed by atoms with Gasteiger partial charge in [0.15, 0.2) is 5.13 Å². The van der Waals surface area contributed by atoms with Crippen LogP contribution in [0, 0.1) is 0 Å². The number of nitrogens with zero attached hydrogens (tertiary/aromatic N) is 2. The Hall–Kier alpha value is -2.00. The minimum atomic E-state index is -3.52. The number of aromatic nitrogens is 1. The molecule has 0 aliphatic heterocycles. The van der Waals surface area contributed by atoms with Crippen molar-refractivity contribution in [3.63, 3.8) is 0 Å². The molecule has 0 saturated heterocycles. The molecule has 0 aliphatic rings. The first kappa shape index (κ1) is 17.8. The normalized spacial score (nSPS) is 11.8. The van der Waals surface area contributed by atoms with Crippen molar-refractivity contribution in [3.8, 4) is 0 Å². The molecule has 0 aliphatic carbocycles. The van der Waals surface area contributed by atoms with Crippen molar-refractivity contribution in [3.05, 3.63) is 53.1 Å². The number of anilines is 1. The third-order valence-corrected chi connectivity index (χ3v) is 6.43.